The maximum absolute atomic E-state index is 11.7. The highest BCUT2D eigenvalue weighted by atomic mass is 16.5. The first-order valence-electron chi connectivity index (χ1n) is 5.25. The van der Waals surface area contributed by atoms with Gasteiger partial charge in [-0.2, -0.15) is 0 Å². The number of nitrogens with one attached hydrogen (secondary N) is 1. The molecule has 2 unspecified atom stereocenters. The van der Waals surface area contributed by atoms with Crippen molar-refractivity contribution in [2.45, 2.75) is 25.5 Å². The van der Waals surface area contributed by atoms with Crippen molar-refractivity contribution in [1.29, 1.82) is 0 Å². The van der Waals surface area contributed by atoms with Gasteiger partial charge in [-0.3, -0.25) is 9.59 Å². The van der Waals surface area contributed by atoms with Crippen molar-refractivity contribution < 1.29 is 24.2 Å². The van der Waals surface area contributed by atoms with Gasteiger partial charge in [0.15, 0.2) is 0 Å². The van der Waals surface area contributed by atoms with E-state index in [2.05, 4.69) is 5.32 Å². The van der Waals surface area contributed by atoms with E-state index in [1.165, 1.54) is 18.9 Å². The lowest BCUT2D eigenvalue weighted by atomic mass is 10.2. The van der Waals surface area contributed by atoms with Crippen LogP contribution >= 0.6 is 0 Å². The van der Waals surface area contributed by atoms with E-state index in [9.17, 15) is 14.4 Å². The first-order valence-corrected chi connectivity index (χ1v) is 5.25. The second-order valence-corrected chi connectivity index (χ2v) is 3.90. The molecule has 0 aromatic heterocycles. The van der Waals surface area contributed by atoms with Gasteiger partial charge in [-0.05, 0) is 0 Å². The van der Waals surface area contributed by atoms with Crippen LogP contribution in [-0.4, -0.2) is 60.1 Å². The Labute approximate surface area is 98.7 Å². The van der Waals surface area contributed by atoms with E-state index in [0.29, 0.717) is 0 Å². The molecule has 7 nitrogen and oxygen atoms in total. The van der Waals surface area contributed by atoms with E-state index in [-0.39, 0.29) is 31.5 Å². The third kappa shape index (κ3) is 3.42. The van der Waals surface area contributed by atoms with Crippen LogP contribution in [0.2, 0.25) is 0 Å². The molecule has 0 aromatic rings. The van der Waals surface area contributed by atoms with Gasteiger partial charge >= 0.3 is 5.97 Å². The molecule has 0 aromatic carbocycles. The normalized spacial score (nSPS) is 23.5. The molecule has 7 heteroatoms. The minimum atomic E-state index is -1.05. The zero-order chi connectivity index (χ0) is 13.0. The predicted octanol–water partition coefficient (Wildman–Crippen LogP) is -1.18. The molecule has 1 rings (SSSR count). The maximum atomic E-state index is 11.7. The zero-order valence-electron chi connectivity index (χ0n) is 9.80. The average Bonchev–Trinajstić information content (AvgIpc) is 2.69. The van der Waals surface area contributed by atoms with E-state index in [0.717, 1.165) is 0 Å². The monoisotopic (exact) mass is 244 g/mol. The lowest BCUT2D eigenvalue weighted by molar-refractivity contribution is -0.148. The first-order chi connectivity index (χ1) is 7.95. The van der Waals surface area contributed by atoms with Crippen LogP contribution in [-0.2, 0) is 19.1 Å². The van der Waals surface area contributed by atoms with Crippen LogP contribution in [0, 0.1) is 0 Å². The Morgan fingerprint density at radius 1 is 1.47 bits per heavy atom. The number of methoxy groups -OCH3 is 1. The molecule has 1 fully saturated rings. The van der Waals surface area contributed by atoms with E-state index in [4.69, 9.17) is 9.84 Å². The quantitative estimate of drug-likeness (QED) is 0.649. The second-order valence-electron chi connectivity index (χ2n) is 3.90. The summed E-state index contributed by atoms with van der Waals surface area (Å²) in [6, 6.07) is -0.874. The van der Waals surface area contributed by atoms with Gasteiger partial charge in [0.25, 0.3) is 0 Å². The maximum Gasteiger partial charge on any atom is 0.326 e. The number of rotatable bonds is 4. The number of hydrogen-bond acceptors (Lipinski definition) is 4. The second kappa shape index (κ2) is 5.62. The Morgan fingerprint density at radius 2 is 2.12 bits per heavy atom. The molecule has 0 radical (unpaired) electrons. The van der Waals surface area contributed by atoms with Crippen molar-refractivity contribution in [3.63, 3.8) is 0 Å². The molecule has 0 aliphatic carbocycles. The summed E-state index contributed by atoms with van der Waals surface area (Å²) in [4.78, 5) is 34.6. The fourth-order valence-corrected chi connectivity index (χ4v) is 1.78. The van der Waals surface area contributed by atoms with E-state index in [1.807, 2.05) is 0 Å². The molecule has 2 N–H and O–H groups in total. The molecule has 0 bridgehead atoms. The highest BCUT2D eigenvalue weighted by Gasteiger charge is 2.39. The van der Waals surface area contributed by atoms with Crippen molar-refractivity contribution in [3.8, 4) is 0 Å². The fourth-order valence-electron chi connectivity index (χ4n) is 1.78. The van der Waals surface area contributed by atoms with Crippen molar-refractivity contribution >= 4 is 17.8 Å². The van der Waals surface area contributed by atoms with Crippen LogP contribution in [0.3, 0.4) is 0 Å². The van der Waals surface area contributed by atoms with Crippen LogP contribution in [0.1, 0.15) is 13.3 Å². The Balaban J connectivity index is 2.63. The SMILES string of the molecule is COC1CC(C(=O)O)N(C(=O)CNC(C)=O)C1. The number of carboxylic acids is 1. The summed E-state index contributed by atoms with van der Waals surface area (Å²) in [7, 11) is 1.48. The number of nitrogens with zero attached hydrogens (tertiary/aromatic N) is 1. The van der Waals surface area contributed by atoms with Crippen LogP contribution in [0.4, 0.5) is 0 Å². The molecule has 1 aliphatic rings. The van der Waals surface area contributed by atoms with Crippen molar-refractivity contribution in [2.24, 2.45) is 0 Å². The standard InChI is InChI=1S/C10H16N2O5/c1-6(13)11-4-9(14)12-5-7(17-2)3-8(12)10(15)16/h7-8H,3-5H2,1-2H3,(H,11,13)(H,15,16). The molecule has 1 aliphatic heterocycles. The highest BCUT2D eigenvalue weighted by Crippen LogP contribution is 2.20. The van der Waals surface area contributed by atoms with Crippen molar-refractivity contribution in [1.82, 2.24) is 10.2 Å². The average molecular weight is 244 g/mol. The minimum absolute atomic E-state index is 0.185. The van der Waals surface area contributed by atoms with Crippen molar-refractivity contribution in [3.05, 3.63) is 0 Å². The van der Waals surface area contributed by atoms with E-state index in [1.54, 1.807) is 0 Å². The van der Waals surface area contributed by atoms with E-state index < -0.39 is 17.9 Å². The van der Waals surface area contributed by atoms with Gasteiger partial charge in [0, 0.05) is 27.0 Å². The molecule has 1 heterocycles. The number of amides is 2. The number of aliphatic carboxylic acids is 1. The molecule has 1 saturated heterocycles. The molecular weight excluding hydrogens is 228 g/mol. The predicted molar refractivity (Wildman–Crippen MR) is 57.2 cm³/mol. The molecule has 2 amide bonds. The van der Waals surface area contributed by atoms with Gasteiger partial charge in [-0.1, -0.05) is 0 Å². The summed E-state index contributed by atoms with van der Waals surface area (Å²) >= 11 is 0. The number of carboxylic acid groups (broad SMARTS) is 1. The smallest absolute Gasteiger partial charge is 0.326 e. The molecule has 0 spiro atoms. The number of carbonyl (C=O) groups is 3. The number of likely N-dealkylation sites (tertiary alicyclic amines) is 1. The molecule has 96 valence electrons. The van der Waals surface area contributed by atoms with Gasteiger partial charge in [0.2, 0.25) is 11.8 Å². The van der Waals surface area contributed by atoms with Gasteiger partial charge in [-0.15, -0.1) is 0 Å². The summed E-state index contributed by atoms with van der Waals surface area (Å²) in [5.41, 5.74) is 0. The summed E-state index contributed by atoms with van der Waals surface area (Å²) < 4.78 is 5.05. The first kappa shape index (κ1) is 13.4. The zero-order valence-corrected chi connectivity index (χ0v) is 9.80. The third-order valence-corrected chi connectivity index (χ3v) is 2.69. The van der Waals surface area contributed by atoms with Gasteiger partial charge in [0.1, 0.15) is 6.04 Å². The Kier molecular flexibility index (Phi) is 4.45. The summed E-state index contributed by atoms with van der Waals surface area (Å²) in [6.45, 7) is 1.35. The number of hydrogen-bond donors (Lipinski definition) is 2. The van der Waals surface area contributed by atoms with Crippen LogP contribution in [0.15, 0.2) is 0 Å². The largest absolute Gasteiger partial charge is 0.480 e. The number of ether oxygens (including phenoxy) is 1. The molecular formula is C10H16N2O5. The van der Waals surface area contributed by atoms with E-state index >= 15 is 0 Å². The van der Waals surface area contributed by atoms with Gasteiger partial charge in [-0.25, -0.2) is 4.79 Å². The fraction of sp³-hybridized carbons (Fsp3) is 0.700. The number of carbonyl (C=O) groups excluding carboxylic acids is 2. The van der Waals surface area contributed by atoms with Gasteiger partial charge < -0.3 is 20.1 Å². The summed E-state index contributed by atoms with van der Waals surface area (Å²) in [5.74, 6) is -1.79. The van der Waals surface area contributed by atoms with Crippen LogP contribution in [0.5, 0.6) is 0 Å². The molecule has 17 heavy (non-hydrogen) atoms. The lowest BCUT2D eigenvalue weighted by Gasteiger charge is -2.21. The highest BCUT2D eigenvalue weighted by molar-refractivity contribution is 5.88. The molecule has 2 atom stereocenters. The summed E-state index contributed by atoms with van der Waals surface area (Å²) in [6.07, 6.45) is 0.00912. The Morgan fingerprint density at radius 3 is 2.59 bits per heavy atom. The van der Waals surface area contributed by atoms with Crippen molar-refractivity contribution in [2.75, 3.05) is 20.2 Å². The topological polar surface area (TPSA) is 95.9 Å². The summed E-state index contributed by atoms with van der Waals surface area (Å²) in [5, 5.41) is 11.3. The minimum Gasteiger partial charge on any atom is -0.480 e. The van der Waals surface area contributed by atoms with Crippen LogP contribution < -0.4 is 5.32 Å². The Bertz CT molecular complexity index is 331. The molecule has 0 saturated carbocycles. The third-order valence-electron chi connectivity index (χ3n) is 2.69. The van der Waals surface area contributed by atoms with Gasteiger partial charge in [0.05, 0.1) is 12.6 Å². The van der Waals surface area contributed by atoms with Crippen LogP contribution in [0.25, 0.3) is 0 Å². The lowest BCUT2D eigenvalue weighted by Crippen LogP contribution is -2.45. The Hall–Kier alpha value is -1.63.